The molecule has 0 amide bonds. The maximum atomic E-state index is 15.9. The number of hydrogen-bond acceptors (Lipinski definition) is 12. The zero-order valence-corrected chi connectivity index (χ0v) is 20.4. The van der Waals surface area contributed by atoms with Gasteiger partial charge in [-0.25, -0.2) is 23.1 Å². The first-order chi connectivity index (χ1) is 15.3. The molecule has 8 atom stereocenters. The molecule has 2 aliphatic rings. The second-order valence-electron chi connectivity index (χ2n) is 7.04. The molecule has 194 valence electrons. The van der Waals surface area contributed by atoms with Gasteiger partial charge in [-0.2, -0.15) is 8.62 Å². The van der Waals surface area contributed by atoms with Gasteiger partial charge in [0, 0.05) is 5.70 Å². The highest BCUT2D eigenvalue weighted by Crippen LogP contribution is 2.66. The molecule has 0 radical (unpaired) electrons. The van der Waals surface area contributed by atoms with Gasteiger partial charge in [-0.3, -0.25) is 4.52 Å². The Morgan fingerprint density at radius 3 is 2.32 bits per heavy atom. The fourth-order valence-electron chi connectivity index (χ4n) is 3.25. The molecule has 0 aromatic heterocycles. The SMILES string of the molecule is CC#CC1(F)[C@@H](O)[C@@H]([C@@H](C)OP(=O)(O)OP(=O)(O)OP(=O)(O)O)O[C@H]1N1C(C)=CC(N)=NC1O. The highest BCUT2D eigenvalue weighted by atomic mass is 31.3. The molecule has 1 fully saturated rings. The molecule has 0 aromatic rings. The smallest absolute Gasteiger partial charge is 0.386 e. The minimum Gasteiger partial charge on any atom is -0.386 e. The third-order valence-electron chi connectivity index (χ3n) is 4.41. The highest BCUT2D eigenvalue weighted by molar-refractivity contribution is 7.66. The number of nitrogens with two attached hydrogens (primary N) is 1. The van der Waals surface area contributed by atoms with Crippen LogP contribution in [0.4, 0.5) is 4.39 Å². The van der Waals surface area contributed by atoms with Crippen molar-refractivity contribution in [3.05, 3.63) is 11.8 Å². The van der Waals surface area contributed by atoms with Crippen molar-refractivity contribution < 1.29 is 65.8 Å². The van der Waals surface area contributed by atoms with E-state index in [0.29, 0.717) is 0 Å². The number of allylic oxidation sites excluding steroid dienone is 1. The zero-order valence-electron chi connectivity index (χ0n) is 17.7. The molecule has 16 nitrogen and oxygen atoms in total. The average molecular weight is 553 g/mol. The molecule has 0 spiro atoms. The van der Waals surface area contributed by atoms with Crippen LogP contribution in [-0.2, 0) is 31.6 Å². The van der Waals surface area contributed by atoms with Gasteiger partial charge in [-0.05, 0) is 26.8 Å². The maximum Gasteiger partial charge on any atom is 0.490 e. The van der Waals surface area contributed by atoms with Gasteiger partial charge in [-0.15, -0.1) is 5.92 Å². The van der Waals surface area contributed by atoms with Crippen molar-refractivity contribution in [1.29, 1.82) is 0 Å². The normalized spacial score (nSPS) is 34.2. The first-order valence-corrected chi connectivity index (χ1v) is 13.6. The van der Waals surface area contributed by atoms with Crippen molar-refractivity contribution in [3.63, 3.8) is 0 Å². The molecule has 1 saturated heterocycles. The lowest BCUT2D eigenvalue weighted by atomic mass is 9.93. The quantitative estimate of drug-likeness (QED) is 0.146. The van der Waals surface area contributed by atoms with Gasteiger partial charge in [0.15, 0.2) is 6.23 Å². The monoisotopic (exact) mass is 553 g/mol. The summed E-state index contributed by atoms with van der Waals surface area (Å²) in [6.07, 6.45) is -8.04. The Labute approximate surface area is 192 Å². The number of phosphoric acid groups is 3. The van der Waals surface area contributed by atoms with Crippen molar-refractivity contribution in [2.45, 2.75) is 57.3 Å². The molecular weight excluding hydrogens is 530 g/mol. The summed E-state index contributed by atoms with van der Waals surface area (Å²) in [7, 11) is -17.0. The van der Waals surface area contributed by atoms with Gasteiger partial charge in [0.05, 0.1) is 6.10 Å². The van der Waals surface area contributed by atoms with E-state index in [4.69, 9.17) is 20.3 Å². The summed E-state index contributed by atoms with van der Waals surface area (Å²) in [4.78, 5) is 40.7. The van der Waals surface area contributed by atoms with E-state index in [0.717, 1.165) is 11.8 Å². The number of nitrogens with zero attached hydrogens (tertiary/aromatic N) is 2. The van der Waals surface area contributed by atoms with Gasteiger partial charge in [0.25, 0.3) is 0 Å². The first kappa shape index (κ1) is 29.0. The molecule has 20 heteroatoms. The summed E-state index contributed by atoms with van der Waals surface area (Å²) in [6, 6.07) is 0. The molecule has 2 heterocycles. The van der Waals surface area contributed by atoms with E-state index in [9.17, 15) is 33.7 Å². The number of hydrogen-bond donors (Lipinski definition) is 7. The standard InChI is InChI=1S/C14H23FN3O13P3/c1-4-5-14(15)11(19)10(28-12(14)18-7(2)6-9(16)17-13(18)20)8(3)29-33(24,25)31-34(26,27)30-32(21,22)23/h6,8,10-13,19-20H,1-3H3,(H2,16,17)(H,24,25)(H,26,27)(H2,21,22,23)/t8-,10-,11+,12-,13?,14?/m1/s1. The lowest BCUT2D eigenvalue weighted by Gasteiger charge is -2.38. The van der Waals surface area contributed by atoms with E-state index in [1.54, 1.807) is 0 Å². The number of aliphatic hydroxyl groups is 2. The number of alkyl halides is 1. The maximum absolute atomic E-state index is 15.9. The number of aliphatic imine (C=N–C) groups is 1. The topological polar surface area (TPSA) is 251 Å². The number of halogens is 1. The summed E-state index contributed by atoms with van der Waals surface area (Å²) in [5, 5.41) is 20.9. The molecule has 0 bridgehead atoms. The first-order valence-electron chi connectivity index (χ1n) is 9.08. The molecule has 4 unspecified atom stereocenters. The highest BCUT2D eigenvalue weighted by Gasteiger charge is 2.62. The number of amidine groups is 1. The van der Waals surface area contributed by atoms with Crippen molar-refractivity contribution in [2.75, 3.05) is 0 Å². The van der Waals surface area contributed by atoms with Gasteiger partial charge in [-0.1, -0.05) is 5.92 Å². The fraction of sp³-hybridized carbons (Fsp3) is 0.643. The molecule has 0 saturated carbocycles. The van der Waals surface area contributed by atoms with Crippen molar-refractivity contribution in [1.82, 2.24) is 4.90 Å². The van der Waals surface area contributed by atoms with Crippen LogP contribution in [0.25, 0.3) is 0 Å². The third kappa shape index (κ3) is 6.71. The summed E-state index contributed by atoms with van der Waals surface area (Å²) < 4.78 is 67.5. The number of rotatable bonds is 8. The summed E-state index contributed by atoms with van der Waals surface area (Å²) in [6.45, 7) is 3.66. The molecule has 2 aliphatic heterocycles. The van der Waals surface area contributed by atoms with Crippen molar-refractivity contribution in [3.8, 4) is 11.8 Å². The number of phosphoric ester groups is 1. The summed E-state index contributed by atoms with van der Waals surface area (Å²) >= 11 is 0. The average Bonchev–Trinajstić information content (AvgIpc) is 2.83. The van der Waals surface area contributed by atoms with E-state index < -0.39 is 60.0 Å². The van der Waals surface area contributed by atoms with Crippen LogP contribution in [0.2, 0.25) is 0 Å². The Balaban J connectivity index is 2.29. The Hall–Kier alpha value is -1.21. The Bertz CT molecular complexity index is 1070. The van der Waals surface area contributed by atoms with Crippen LogP contribution in [0.15, 0.2) is 16.8 Å². The van der Waals surface area contributed by atoms with E-state index in [2.05, 4.69) is 30.0 Å². The largest absolute Gasteiger partial charge is 0.490 e. The van der Waals surface area contributed by atoms with Crippen LogP contribution in [0.3, 0.4) is 0 Å². The van der Waals surface area contributed by atoms with Crippen LogP contribution in [0.1, 0.15) is 20.8 Å². The fourth-order valence-corrected chi connectivity index (χ4v) is 6.45. The minimum absolute atomic E-state index is 0.0802. The Morgan fingerprint density at radius 1 is 1.24 bits per heavy atom. The minimum atomic E-state index is -5.81. The molecule has 8 N–H and O–H groups in total. The van der Waals surface area contributed by atoms with E-state index in [1.165, 1.54) is 19.9 Å². The second kappa shape index (κ2) is 10.0. The molecule has 0 aromatic carbocycles. The van der Waals surface area contributed by atoms with Crippen LogP contribution in [-0.4, -0.2) is 77.1 Å². The zero-order chi connectivity index (χ0) is 26.3. The molecular formula is C14H23FN3O13P3. The predicted octanol–water partition coefficient (Wildman–Crippen LogP) is -0.612. The Kier molecular flexibility index (Phi) is 8.57. The second-order valence-corrected chi connectivity index (χ2v) is 11.4. The number of aliphatic hydroxyl groups excluding tert-OH is 2. The van der Waals surface area contributed by atoms with E-state index in [1.807, 2.05) is 0 Å². The lowest BCUT2D eigenvalue weighted by Crippen LogP contribution is -2.55. The van der Waals surface area contributed by atoms with Crippen molar-refractivity contribution in [2.24, 2.45) is 10.7 Å². The van der Waals surface area contributed by atoms with E-state index >= 15 is 4.39 Å². The van der Waals surface area contributed by atoms with Gasteiger partial charge in [0.2, 0.25) is 12.0 Å². The Morgan fingerprint density at radius 2 is 1.82 bits per heavy atom. The van der Waals surface area contributed by atoms with Crippen LogP contribution in [0, 0.1) is 11.8 Å². The predicted molar refractivity (Wildman–Crippen MR) is 110 cm³/mol. The van der Waals surface area contributed by atoms with Gasteiger partial charge < -0.3 is 45.2 Å². The molecule has 0 aliphatic carbocycles. The number of ether oxygens (including phenoxy) is 1. The van der Waals surface area contributed by atoms with E-state index in [-0.39, 0.29) is 11.5 Å². The van der Waals surface area contributed by atoms with Crippen LogP contribution in [0.5, 0.6) is 0 Å². The molecule has 34 heavy (non-hydrogen) atoms. The van der Waals surface area contributed by atoms with Gasteiger partial charge in [0.1, 0.15) is 18.0 Å². The summed E-state index contributed by atoms with van der Waals surface area (Å²) in [5.41, 5.74) is 2.80. The van der Waals surface area contributed by atoms with Crippen LogP contribution < -0.4 is 5.73 Å². The van der Waals surface area contributed by atoms with Gasteiger partial charge >= 0.3 is 23.5 Å². The summed E-state index contributed by atoms with van der Waals surface area (Å²) in [5.74, 6) is 4.31. The lowest BCUT2D eigenvalue weighted by molar-refractivity contribution is -0.144. The third-order valence-corrected chi connectivity index (χ3v) is 8.34. The van der Waals surface area contributed by atoms with Crippen molar-refractivity contribution >= 4 is 29.3 Å². The van der Waals surface area contributed by atoms with Crippen LogP contribution >= 0.6 is 23.5 Å². The molecule has 2 rings (SSSR count).